The van der Waals surface area contributed by atoms with Gasteiger partial charge in [0.15, 0.2) is 0 Å². The minimum Gasteiger partial charge on any atom is -0.309 e. The second-order valence-electron chi connectivity index (χ2n) is 6.46. The van der Waals surface area contributed by atoms with Crippen LogP contribution in [0.1, 0.15) is 29.5 Å². The Labute approximate surface area is 146 Å². The van der Waals surface area contributed by atoms with Crippen molar-refractivity contribution in [3.8, 4) is 6.07 Å². The molecule has 1 atom stereocenters. The van der Waals surface area contributed by atoms with Crippen LogP contribution < -0.4 is 5.32 Å². The predicted molar refractivity (Wildman–Crippen MR) is 92.7 cm³/mol. The number of piperidine rings is 1. The number of rotatable bonds is 5. The second kappa shape index (κ2) is 8.19. The van der Waals surface area contributed by atoms with Crippen LogP contribution in [0.4, 0.5) is 8.78 Å². The third-order valence-electron chi connectivity index (χ3n) is 4.63. The molecule has 0 aliphatic carbocycles. The maximum absolute atomic E-state index is 13.8. The summed E-state index contributed by atoms with van der Waals surface area (Å²) < 4.78 is 27.7. The Hall–Kier alpha value is -2.29. The van der Waals surface area contributed by atoms with Crippen molar-refractivity contribution in [3.63, 3.8) is 0 Å². The highest BCUT2D eigenvalue weighted by Gasteiger charge is 2.21. The summed E-state index contributed by atoms with van der Waals surface area (Å²) in [7, 11) is 0. The zero-order valence-corrected chi connectivity index (χ0v) is 14.0. The fraction of sp³-hybridized carbons (Fsp3) is 0.350. The molecular weight excluding hydrogens is 320 g/mol. The average Bonchev–Trinajstić information content (AvgIpc) is 2.64. The molecule has 0 radical (unpaired) electrons. The summed E-state index contributed by atoms with van der Waals surface area (Å²) in [6.07, 6.45) is 2.05. The van der Waals surface area contributed by atoms with Gasteiger partial charge >= 0.3 is 0 Å². The van der Waals surface area contributed by atoms with Gasteiger partial charge in [-0.05, 0) is 49.2 Å². The number of halogens is 2. The van der Waals surface area contributed by atoms with E-state index in [1.54, 1.807) is 0 Å². The molecule has 0 amide bonds. The smallest absolute Gasteiger partial charge is 0.130 e. The molecule has 3 nitrogen and oxygen atoms in total. The van der Waals surface area contributed by atoms with Crippen molar-refractivity contribution in [2.75, 3.05) is 13.1 Å². The van der Waals surface area contributed by atoms with Gasteiger partial charge in [-0.3, -0.25) is 4.90 Å². The first-order valence-electron chi connectivity index (χ1n) is 8.53. The van der Waals surface area contributed by atoms with E-state index in [2.05, 4.69) is 16.3 Å². The first kappa shape index (κ1) is 17.5. The molecule has 1 N–H and O–H groups in total. The molecule has 0 bridgehead atoms. The highest BCUT2D eigenvalue weighted by molar-refractivity contribution is 5.31. The fourth-order valence-corrected chi connectivity index (χ4v) is 3.23. The van der Waals surface area contributed by atoms with E-state index in [1.807, 2.05) is 24.3 Å². The standard InChI is InChI=1S/C20H21F2N3/c21-19-4-1-5-20(22)18(19)14-25-10-2-3-17(13-25)24-12-16-8-6-15(11-23)7-9-16/h1,4-9,17,24H,2-3,10,12-14H2. The van der Waals surface area contributed by atoms with Gasteiger partial charge < -0.3 is 5.32 Å². The monoisotopic (exact) mass is 341 g/mol. The zero-order valence-electron chi connectivity index (χ0n) is 14.0. The number of nitriles is 1. The Morgan fingerprint density at radius 2 is 1.84 bits per heavy atom. The SMILES string of the molecule is N#Cc1ccc(CNC2CCCN(Cc3c(F)cccc3F)C2)cc1. The Bertz CT molecular complexity index is 732. The zero-order chi connectivity index (χ0) is 17.6. The lowest BCUT2D eigenvalue weighted by Gasteiger charge is -2.33. The Morgan fingerprint density at radius 3 is 2.52 bits per heavy atom. The summed E-state index contributed by atoms with van der Waals surface area (Å²) in [6, 6.07) is 13.9. The maximum atomic E-state index is 13.8. The van der Waals surface area contributed by atoms with Crippen LogP contribution in [0.2, 0.25) is 0 Å². The first-order chi connectivity index (χ1) is 12.2. The Kier molecular flexibility index (Phi) is 5.75. The van der Waals surface area contributed by atoms with Gasteiger partial charge in [0.1, 0.15) is 11.6 Å². The van der Waals surface area contributed by atoms with Crippen molar-refractivity contribution in [2.45, 2.75) is 32.0 Å². The Morgan fingerprint density at radius 1 is 1.12 bits per heavy atom. The molecule has 130 valence electrons. The van der Waals surface area contributed by atoms with Crippen molar-refractivity contribution >= 4 is 0 Å². The topological polar surface area (TPSA) is 39.1 Å². The number of nitrogens with zero attached hydrogens (tertiary/aromatic N) is 2. The minimum atomic E-state index is -0.479. The summed E-state index contributed by atoms with van der Waals surface area (Å²) in [6.45, 7) is 2.64. The summed E-state index contributed by atoms with van der Waals surface area (Å²) >= 11 is 0. The van der Waals surface area contributed by atoms with E-state index in [1.165, 1.54) is 18.2 Å². The molecule has 0 aromatic heterocycles. The highest BCUT2D eigenvalue weighted by Crippen LogP contribution is 2.18. The molecule has 0 saturated carbocycles. The van der Waals surface area contributed by atoms with Gasteiger partial charge in [0.2, 0.25) is 0 Å². The Balaban J connectivity index is 1.55. The van der Waals surface area contributed by atoms with E-state index >= 15 is 0 Å². The molecule has 1 unspecified atom stereocenters. The average molecular weight is 341 g/mol. The van der Waals surface area contributed by atoms with E-state index in [4.69, 9.17) is 5.26 Å². The van der Waals surface area contributed by atoms with Crippen LogP contribution in [0.15, 0.2) is 42.5 Å². The molecule has 1 fully saturated rings. The van der Waals surface area contributed by atoms with Crippen LogP contribution in [-0.4, -0.2) is 24.0 Å². The second-order valence-corrected chi connectivity index (χ2v) is 6.46. The van der Waals surface area contributed by atoms with E-state index in [0.29, 0.717) is 18.2 Å². The van der Waals surface area contributed by atoms with Crippen LogP contribution in [0.3, 0.4) is 0 Å². The molecule has 2 aromatic carbocycles. The van der Waals surface area contributed by atoms with Crippen LogP contribution in [-0.2, 0) is 13.1 Å². The van der Waals surface area contributed by atoms with E-state index in [9.17, 15) is 8.78 Å². The quantitative estimate of drug-likeness (QED) is 0.903. The highest BCUT2D eigenvalue weighted by atomic mass is 19.1. The molecule has 1 saturated heterocycles. The van der Waals surface area contributed by atoms with Crippen molar-refractivity contribution in [1.29, 1.82) is 5.26 Å². The number of nitrogens with one attached hydrogen (secondary N) is 1. The molecule has 0 spiro atoms. The number of benzene rings is 2. The number of hydrogen-bond acceptors (Lipinski definition) is 3. The molecule has 5 heteroatoms. The minimum absolute atomic E-state index is 0.148. The summed E-state index contributed by atoms with van der Waals surface area (Å²) in [5, 5.41) is 12.3. The van der Waals surface area contributed by atoms with Crippen LogP contribution in [0.5, 0.6) is 0 Å². The van der Waals surface area contributed by atoms with Gasteiger partial charge in [-0.1, -0.05) is 18.2 Å². The van der Waals surface area contributed by atoms with Gasteiger partial charge in [-0.25, -0.2) is 8.78 Å². The third kappa shape index (κ3) is 4.62. The third-order valence-corrected chi connectivity index (χ3v) is 4.63. The molecule has 25 heavy (non-hydrogen) atoms. The molecule has 3 rings (SSSR count). The molecule has 1 heterocycles. The summed E-state index contributed by atoms with van der Waals surface area (Å²) in [5.74, 6) is -0.958. The molecule has 2 aromatic rings. The van der Waals surface area contributed by atoms with Gasteiger partial charge in [-0.2, -0.15) is 5.26 Å². The van der Waals surface area contributed by atoms with Gasteiger partial charge in [0, 0.05) is 31.2 Å². The van der Waals surface area contributed by atoms with Crippen LogP contribution in [0.25, 0.3) is 0 Å². The lowest BCUT2D eigenvalue weighted by atomic mass is 10.0. The molecule has 1 aliphatic heterocycles. The summed E-state index contributed by atoms with van der Waals surface area (Å²) in [4.78, 5) is 2.10. The lowest BCUT2D eigenvalue weighted by molar-refractivity contribution is 0.179. The number of hydrogen-bond donors (Lipinski definition) is 1. The van der Waals surface area contributed by atoms with Crippen LogP contribution in [0, 0.1) is 23.0 Å². The van der Waals surface area contributed by atoms with Gasteiger partial charge in [0.05, 0.1) is 11.6 Å². The van der Waals surface area contributed by atoms with Crippen molar-refractivity contribution < 1.29 is 8.78 Å². The van der Waals surface area contributed by atoms with E-state index in [-0.39, 0.29) is 5.56 Å². The first-order valence-corrected chi connectivity index (χ1v) is 8.53. The van der Waals surface area contributed by atoms with Gasteiger partial charge in [0.25, 0.3) is 0 Å². The summed E-state index contributed by atoms with van der Waals surface area (Å²) in [5.41, 5.74) is 1.92. The lowest BCUT2D eigenvalue weighted by Crippen LogP contribution is -2.45. The molecular formula is C20H21F2N3. The molecule has 1 aliphatic rings. The maximum Gasteiger partial charge on any atom is 0.130 e. The van der Waals surface area contributed by atoms with Crippen LogP contribution >= 0.6 is 0 Å². The largest absolute Gasteiger partial charge is 0.309 e. The predicted octanol–water partition coefficient (Wildman–Crippen LogP) is 3.59. The van der Waals surface area contributed by atoms with Crippen molar-refractivity contribution in [2.24, 2.45) is 0 Å². The van der Waals surface area contributed by atoms with Crippen molar-refractivity contribution in [1.82, 2.24) is 10.2 Å². The van der Waals surface area contributed by atoms with E-state index < -0.39 is 11.6 Å². The number of likely N-dealkylation sites (tertiary alicyclic amines) is 1. The normalized spacial score (nSPS) is 18.0. The fourth-order valence-electron chi connectivity index (χ4n) is 3.23. The van der Waals surface area contributed by atoms with Gasteiger partial charge in [-0.15, -0.1) is 0 Å². The van der Waals surface area contributed by atoms with Crippen molar-refractivity contribution in [3.05, 3.63) is 70.8 Å². The van der Waals surface area contributed by atoms with E-state index in [0.717, 1.165) is 38.0 Å².